The van der Waals surface area contributed by atoms with Gasteiger partial charge in [0.05, 0.1) is 38.4 Å². The Morgan fingerprint density at radius 1 is 1.23 bits per heavy atom. The summed E-state index contributed by atoms with van der Waals surface area (Å²) >= 11 is 7.93. The van der Waals surface area contributed by atoms with Gasteiger partial charge in [-0.1, -0.05) is 17.7 Å². The van der Waals surface area contributed by atoms with E-state index >= 15 is 4.39 Å². The monoisotopic (exact) mass is 684 g/mol. The molecule has 0 amide bonds. The van der Waals surface area contributed by atoms with Crippen LogP contribution in [-0.2, 0) is 0 Å². The van der Waals surface area contributed by atoms with E-state index in [1.807, 2.05) is 11.0 Å². The fourth-order valence-electron chi connectivity index (χ4n) is 8.13. The average molecular weight is 685 g/mol. The zero-order chi connectivity index (χ0) is 32.8. The number of alkyl halides is 1. The van der Waals surface area contributed by atoms with Crippen LogP contribution < -0.4 is 20.1 Å². The largest absolute Gasteiger partial charge is 0.491 e. The minimum absolute atomic E-state index is 0.0253. The number of fused-ring (bicyclic) bond motifs is 4. The molecule has 0 spiro atoms. The molecule has 0 saturated carbocycles. The lowest BCUT2D eigenvalue weighted by Gasteiger charge is -2.44. The van der Waals surface area contributed by atoms with Crippen LogP contribution in [0.25, 0.3) is 32.1 Å². The van der Waals surface area contributed by atoms with Crippen molar-refractivity contribution in [2.75, 3.05) is 43.5 Å². The number of nitrogens with two attached hydrogens (primary N) is 1. The number of halogens is 4. The molecule has 4 aliphatic rings. The van der Waals surface area contributed by atoms with Crippen molar-refractivity contribution >= 4 is 54.7 Å². The molecular weight excluding hydrogens is 653 g/mol. The number of nitriles is 1. The van der Waals surface area contributed by atoms with E-state index in [0.29, 0.717) is 44.6 Å². The fourth-order valence-corrected chi connectivity index (χ4v) is 9.42. The Labute approximate surface area is 277 Å². The molecule has 4 atom stereocenters. The van der Waals surface area contributed by atoms with Crippen molar-refractivity contribution in [1.82, 2.24) is 14.9 Å². The molecule has 2 aromatic heterocycles. The van der Waals surface area contributed by atoms with E-state index in [1.54, 1.807) is 6.92 Å². The van der Waals surface area contributed by atoms with E-state index in [0.717, 1.165) is 30.7 Å². The number of rotatable bonds is 4. The summed E-state index contributed by atoms with van der Waals surface area (Å²) in [6.07, 6.45) is 2.51. The molecule has 0 bridgehead atoms. The lowest BCUT2D eigenvalue weighted by atomic mass is 9.86. The molecule has 47 heavy (non-hydrogen) atoms. The molecule has 2 aromatic carbocycles. The van der Waals surface area contributed by atoms with E-state index in [4.69, 9.17) is 31.8 Å². The number of aromatic nitrogens is 2. The third-order valence-electron chi connectivity index (χ3n) is 10.3. The first-order chi connectivity index (χ1) is 22.5. The summed E-state index contributed by atoms with van der Waals surface area (Å²) in [6.45, 7) is 3.72. The van der Waals surface area contributed by atoms with Gasteiger partial charge in [0.1, 0.15) is 41.0 Å². The van der Waals surface area contributed by atoms with Gasteiger partial charge >= 0.3 is 6.01 Å². The predicted molar refractivity (Wildman–Crippen MR) is 174 cm³/mol. The molecule has 0 radical (unpaired) electrons. The van der Waals surface area contributed by atoms with Crippen LogP contribution in [0.4, 0.5) is 24.0 Å². The van der Waals surface area contributed by atoms with Crippen molar-refractivity contribution in [2.24, 2.45) is 0 Å². The first-order valence-electron chi connectivity index (χ1n) is 15.8. The van der Waals surface area contributed by atoms with Gasteiger partial charge in [-0.15, -0.1) is 11.3 Å². The zero-order valence-electron chi connectivity index (χ0n) is 25.6. The highest BCUT2D eigenvalue weighted by atomic mass is 35.5. The van der Waals surface area contributed by atoms with Crippen molar-refractivity contribution < 1.29 is 27.8 Å². The van der Waals surface area contributed by atoms with E-state index in [9.17, 15) is 19.1 Å². The maximum atomic E-state index is 17.2. The molecule has 3 N–H and O–H groups in total. The van der Waals surface area contributed by atoms with Gasteiger partial charge in [-0.25, -0.2) is 13.2 Å². The van der Waals surface area contributed by atoms with Gasteiger partial charge in [-0.05, 0) is 50.8 Å². The maximum Gasteiger partial charge on any atom is 0.319 e. The SMILES string of the molecule is CC1(O)CCN2c3nc(OCC45CCCN4C[C@H](F)C5)nc4c(F)c(-c5ccc(F)c6sc(N)c(C#N)c56)c(Cl)c(c34)OCCC2C1. The van der Waals surface area contributed by atoms with Crippen LogP contribution >= 0.6 is 22.9 Å². The summed E-state index contributed by atoms with van der Waals surface area (Å²) in [4.78, 5) is 13.6. The van der Waals surface area contributed by atoms with Gasteiger partial charge in [0, 0.05) is 42.9 Å². The van der Waals surface area contributed by atoms with Crippen molar-refractivity contribution in [2.45, 2.75) is 68.8 Å². The average Bonchev–Trinajstić information content (AvgIpc) is 3.66. The first kappa shape index (κ1) is 30.7. The van der Waals surface area contributed by atoms with Gasteiger partial charge < -0.3 is 25.2 Å². The summed E-state index contributed by atoms with van der Waals surface area (Å²) in [5.74, 6) is -0.893. The molecule has 14 heteroatoms. The minimum atomic E-state index is -0.953. The number of anilines is 2. The van der Waals surface area contributed by atoms with Crippen LogP contribution in [0.15, 0.2) is 12.1 Å². The van der Waals surface area contributed by atoms with Gasteiger partial charge in [0.15, 0.2) is 11.6 Å². The Kier molecular flexibility index (Phi) is 7.18. The summed E-state index contributed by atoms with van der Waals surface area (Å²) in [5, 5.41) is 21.3. The van der Waals surface area contributed by atoms with Crippen LogP contribution in [0.3, 0.4) is 0 Å². The topological polar surface area (TPSA) is 121 Å². The Morgan fingerprint density at radius 3 is 2.87 bits per heavy atom. The summed E-state index contributed by atoms with van der Waals surface area (Å²) in [5.41, 5.74) is 4.68. The normalized spacial score (nSPS) is 27.3. The number of hydrogen-bond donors (Lipinski definition) is 2. The third kappa shape index (κ3) is 4.78. The number of aliphatic hydroxyl groups is 1. The number of hydrogen-bond acceptors (Lipinski definition) is 10. The van der Waals surface area contributed by atoms with Crippen LogP contribution in [-0.4, -0.2) is 76.2 Å². The number of benzene rings is 2. The summed E-state index contributed by atoms with van der Waals surface area (Å²) in [6, 6.07) is 4.34. The van der Waals surface area contributed by atoms with Crippen LogP contribution in [0.2, 0.25) is 5.02 Å². The molecule has 246 valence electrons. The smallest absolute Gasteiger partial charge is 0.319 e. The standard InChI is InChI=1S/C33H32ClF3N6O3S/c1-32(44)7-9-43-17(12-32)5-10-45-27-23-26(40-31(41-30(23)43)46-15-33-6-2-8-42(33)14-16(35)11-33)25(37)22(24(27)34)18-3-4-20(36)28-21(18)19(13-38)29(39)47-28/h3-4,16-17,44H,2,5-12,14-15,39H2,1H3/t16-,17?,32?,33?/m1/s1. The molecule has 6 heterocycles. The van der Waals surface area contributed by atoms with Gasteiger partial charge in [0.25, 0.3) is 0 Å². The van der Waals surface area contributed by atoms with Crippen LogP contribution in [0, 0.1) is 23.0 Å². The Morgan fingerprint density at radius 2 is 2.06 bits per heavy atom. The van der Waals surface area contributed by atoms with Crippen LogP contribution in [0.1, 0.15) is 51.0 Å². The lowest BCUT2D eigenvalue weighted by Crippen LogP contribution is -2.50. The van der Waals surface area contributed by atoms with Gasteiger partial charge in [-0.2, -0.15) is 15.2 Å². The molecule has 0 aliphatic carbocycles. The van der Waals surface area contributed by atoms with E-state index in [1.165, 1.54) is 12.1 Å². The van der Waals surface area contributed by atoms with Crippen molar-refractivity contribution in [1.29, 1.82) is 5.26 Å². The second-order valence-corrected chi connectivity index (χ2v) is 14.9. The molecule has 3 fully saturated rings. The molecule has 3 saturated heterocycles. The molecule has 9 nitrogen and oxygen atoms in total. The number of nitrogen functional groups attached to an aromatic ring is 1. The second-order valence-electron chi connectivity index (χ2n) is 13.4. The molecule has 4 aromatic rings. The van der Waals surface area contributed by atoms with Gasteiger partial charge in [-0.3, -0.25) is 4.90 Å². The highest BCUT2D eigenvalue weighted by Gasteiger charge is 2.49. The van der Waals surface area contributed by atoms with Gasteiger partial charge in [0.2, 0.25) is 0 Å². The minimum Gasteiger partial charge on any atom is -0.491 e. The highest BCUT2D eigenvalue weighted by molar-refractivity contribution is 7.23. The van der Waals surface area contributed by atoms with E-state index < -0.39 is 28.9 Å². The lowest BCUT2D eigenvalue weighted by molar-refractivity contribution is 0.0189. The second kappa shape index (κ2) is 11.0. The van der Waals surface area contributed by atoms with Crippen LogP contribution in [0.5, 0.6) is 11.8 Å². The Balaban J connectivity index is 1.35. The Bertz CT molecular complexity index is 2000. The fraction of sp³-hybridized carbons (Fsp3) is 0.485. The molecule has 8 rings (SSSR count). The first-order valence-corrected chi connectivity index (χ1v) is 17.0. The third-order valence-corrected chi connectivity index (χ3v) is 11.7. The predicted octanol–water partition coefficient (Wildman–Crippen LogP) is 6.35. The molecular formula is C33H32ClF3N6O3S. The quantitative estimate of drug-likeness (QED) is 0.253. The summed E-state index contributed by atoms with van der Waals surface area (Å²) < 4.78 is 59.3. The number of piperidine rings is 1. The Hall–Kier alpha value is -3.57. The zero-order valence-corrected chi connectivity index (χ0v) is 27.2. The number of thiophene rings is 1. The maximum absolute atomic E-state index is 17.2. The number of nitrogens with zero attached hydrogens (tertiary/aromatic N) is 5. The van der Waals surface area contributed by atoms with Crippen molar-refractivity contribution in [3.8, 4) is 29.0 Å². The highest BCUT2D eigenvalue weighted by Crippen LogP contribution is 2.51. The summed E-state index contributed by atoms with van der Waals surface area (Å²) in [7, 11) is 0. The van der Waals surface area contributed by atoms with Crippen molar-refractivity contribution in [3.05, 3.63) is 34.4 Å². The van der Waals surface area contributed by atoms with E-state index in [2.05, 4.69) is 9.88 Å². The van der Waals surface area contributed by atoms with E-state index in [-0.39, 0.29) is 78.7 Å². The van der Waals surface area contributed by atoms with Crippen molar-refractivity contribution in [3.63, 3.8) is 0 Å². The molecule has 4 aliphatic heterocycles. The molecule has 3 unspecified atom stereocenters. The number of ether oxygens (including phenoxy) is 2.